The first-order valence-electron chi connectivity index (χ1n) is 10.7. The van der Waals surface area contributed by atoms with Gasteiger partial charge in [-0.1, -0.05) is 6.07 Å². The summed E-state index contributed by atoms with van der Waals surface area (Å²) >= 11 is 1.44. The number of anilines is 2. The molecule has 1 N–H and O–H groups in total. The highest BCUT2D eigenvalue weighted by Gasteiger charge is 2.24. The Balaban J connectivity index is 1.30. The minimum atomic E-state index is -0.142. The lowest BCUT2D eigenvalue weighted by atomic mass is 10.0. The van der Waals surface area contributed by atoms with Crippen LogP contribution >= 0.6 is 11.3 Å². The van der Waals surface area contributed by atoms with Crippen molar-refractivity contribution in [3.8, 4) is 10.4 Å². The number of thiophene rings is 1. The fourth-order valence-corrected chi connectivity index (χ4v) is 4.89. The Morgan fingerprint density at radius 3 is 2.84 bits per heavy atom. The first kappa shape index (κ1) is 20.7. The van der Waals surface area contributed by atoms with Crippen molar-refractivity contribution in [2.45, 2.75) is 18.9 Å². The average Bonchev–Trinajstić information content (AvgIpc) is 3.47. The molecule has 32 heavy (non-hydrogen) atoms. The van der Waals surface area contributed by atoms with Gasteiger partial charge in [-0.05, 0) is 69.4 Å². The number of nitrogens with zero attached hydrogens (tertiary/aromatic N) is 4. The van der Waals surface area contributed by atoms with Gasteiger partial charge < -0.3 is 19.5 Å². The molecule has 1 aliphatic heterocycles. The van der Waals surface area contributed by atoms with Gasteiger partial charge in [0.15, 0.2) is 5.58 Å². The SMILES string of the molecule is CN1CCC(N(C)c2nc3cc(NC(=O)c4ccc(-c5cccnc5)s4)ccc3o2)CC1. The molecule has 1 saturated heterocycles. The molecule has 1 aliphatic rings. The Morgan fingerprint density at radius 1 is 1.22 bits per heavy atom. The predicted molar refractivity (Wildman–Crippen MR) is 128 cm³/mol. The summed E-state index contributed by atoms with van der Waals surface area (Å²) in [6.07, 6.45) is 5.72. The predicted octanol–water partition coefficient (Wildman–Crippen LogP) is 4.73. The quantitative estimate of drug-likeness (QED) is 0.477. The molecule has 3 aromatic heterocycles. The first-order chi connectivity index (χ1) is 15.6. The maximum absolute atomic E-state index is 12.8. The fourth-order valence-electron chi connectivity index (χ4n) is 4.00. The van der Waals surface area contributed by atoms with Crippen LogP contribution in [0.4, 0.5) is 11.7 Å². The van der Waals surface area contributed by atoms with Crippen LogP contribution < -0.4 is 10.2 Å². The highest BCUT2D eigenvalue weighted by atomic mass is 32.1. The van der Waals surface area contributed by atoms with Crippen molar-refractivity contribution in [2.24, 2.45) is 0 Å². The number of carbonyl (C=O) groups is 1. The third kappa shape index (κ3) is 4.24. The van der Waals surface area contributed by atoms with E-state index >= 15 is 0 Å². The Labute approximate surface area is 190 Å². The fraction of sp³-hybridized carbons (Fsp3) is 0.292. The van der Waals surface area contributed by atoms with Gasteiger partial charge in [-0.15, -0.1) is 11.3 Å². The Morgan fingerprint density at radius 2 is 2.06 bits per heavy atom. The van der Waals surface area contributed by atoms with Gasteiger partial charge in [0.05, 0.1) is 4.88 Å². The van der Waals surface area contributed by atoms with E-state index in [0.717, 1.165) is 41.9 Å². The van der Waals surface area contributed by atoms with E-state index in [9.17, 15) is 4.79 Å². The number of piperidine rings is 1. The Hall–Kier alpha value is -3.23. The number of rotatable bonds is 5. The summed E-state index contributed by atoms with van der Waals surface area (Å²) in [7, 11) is 4.20. The van der Waals surface area contributed by atoms with Crippen LogP contribution in [-0.4, -0.2) is 54.0 Å². The first-order valence-corrected chi connectivity index (χ1v) is 11.5. The van der Waals surface area contributed by atoms with Gasteiger partial charge >= 0.3 is 0 Å². The largest absolute Gasteiger partial charge is 0.423 e. The van der Waals surface area contributed by atoms with Gasteiger partial charge in [0.2, 0.25) is 0 Å². The Kier molecular flexibility index (Phi) is 5.63. The van der Waals surface area contributed by atoms with E-state index < -0.39 is 0 Å². The molecule has 4 aromatic rings. The summed E-state index contributed by atoms with van der Waals surface area (Å²) in [5.74, 6) is -0.142. The summed E-state index contributed by atoms with van der Waals surface area (Å²) in [4.78, 5) is 27.7. The second-order valence-corrected chi connectivity index (χ2v) is 9.27. The lowest BCUT2D eigenvalue weighted by Gasteiger charge is -2.34. The van der Waals surface area contributed by atoms with Crippen LogP contribution in [0.25, 0.3) is 21.5 Å². The molecule has 164 valence electrons. The van der Waals surface area contributed by atoms with E-state index in [-0.39, 0.29) is 5.91 Å². The van der Waals surface area contributed by atoms with Gasteiger partial charge in [-0.3, -0.25) is 9.78 Å². The van der Waals surface area contributed by atoms with Crippen molar-refractivity contribution in [3.63, 3.8) is 0 Å². The summed E-state index contributed by atoms with van der Waals surface area (Å²) in [6, 6.07) is 14.3. The van der Waals surface area contributed by atoms with Crippen LogP contribution in [0.5, 0.6) is 0 Å². The van der Waals surface area contributed by atoms with E-state index in [1.165, 1.54) is 11.3 Å². The van der Waals surface area contributed by atoms with E-state index in [1.54, 1.807) is 12.4 Å². The van der Waals surface area contributed by atoms with E-state index in [4.69, 9.17) is 4.42 Å². The molecule has 0 saturated carbocycles. The molecule has 0 radical (unpaired) electrons. The molecule has 7 nitrogen and oxygen atoms in total. The van der Waals surface area contributed by atoms with Crippen molar-refractivity contribution in [1.29, 1.82) is 0 Å². The molecule has 1 amide bonds. The minimum absolute atomic E-state index is 0.142. The number of likely N-dealkylation sites (tertiary alicyclic amines) is 1. The van der Waals surface area contributed by atoms with E-state index in [1.807, 2.05) is 49.5 Å². The molecule has 5 rings (SSSR count). The maximum atomic E-state index is 12.8. The highest BCUT2D eigenvalue weighted by molar-refractivity contribution is 7.17. The van der Waals surface area contributed by atoms with Crippen molar-refractivity contribution in [3.05, 3.63) is 59.7 Å². The van der Waals surface area contributed by atoms with Crippen molar-refractivity contribution >= 4 is 40.0 Å². The number of hydrogen-bond acceptors (Lipinski definition) is 7. The number of fused-ring (bicyclic) bond motifs is 1. The summed E-state index contributed by atoms with van der Waals surface area (Å²) in [5.41, 5.74) is 3.15. The van der Waals surface area contributed by atoms with Crippen molar-refractivity contribution < 1.29 is 9.21 Å². The zero-order valence-electron chi connectivity index (χ0n) is 18.1. The van der Waals surface area contributed by atoms with Crippen LogP contribution in [0.3, 0.4) is 0 Å². The molecule has 0 spiro atoms. The third-order valence-electron chi connectivity index (χ3n) is 5.95. The normalized spacial score (nSPS) is 15.2. The number of carbonyl (C=O) groups excluding carboxylic acids is 1. The monoisotopic (exact) mass is 447 g/mol. The van der Waals surface area contributed by atoms with Crippen LogP contribution in [0.15, 0.2) is 59.3 Å². The topological polar surface area (TPSA) is 74.5 Å². The number of pyridine rings is 1. The lowest BCUT2D eigenvalue weighted by Crippen LogP contribution is -2.42. The number of hydrogen-bond donors (Lipinski definition) is 1. The smallest absolute Gasteiger partial charge is 0.298 e. The van der Waals surface area contributed by atoms with E-state index in [0.29, 0.717) is 28.2 Å². The van der Waals surface area contributed by atoms with Gasteiger partial charge in [0, 0.05) is 41.6 Å². The van der Waals surface area contributed by atoms with Gasteiger partial charge in [0.1, 0.15) is 5.52 Å². The molecule has 1 aromatic carbocycles. The van der Waals surface area contributed by atoms with Crippen LogP contribution in [0.1, 0.15) is 22.5 Å². The second kappa shape index (κ2) is 8.72. The molecule has 0 unspecified atom stereocenters. The minimum Gasteiger partial charge on any atom is -0.423 e. The van der Waals surface area contributed by atoms with Crippen LogP contribution in [0.2, 0.25) is 0 Å². The summed E-state index contributed by atoms with van der Waals surface area (Å²) < 4.78 is 5.99. The zero-order chi connectivity index (χ0) is 22.1. The van der Waals surface area contributed by atoms with Gasteiger partial charge in [-0.25, -0.2) is 0 Å². The number of amides is 1. The number of aromatic nitrogens is 2. The third-order valence-corrected chi connectivity index (χ3v) is 7.08. The second-order valence-electron chi connectivity index (χ2n) is 8.18. The van der Waals surface area contributed by atoms with Gasteiger partial charge in [0.25, 0.3) is 11.9 Å². The molecule has 1 fully saturated rings. The lowest BCUT2D eigenvalue weighted by molar-refractivity contribution is 0.103. The van der Waals surface area contributed by atoms with Crippen molar-refractivity contribution in [2.75, 3.05) is 37.4 Å². The molecule has 8 heteroatoms. The van der Waals surface area contributed by atoms with Gasteiger partial charge in [-0.2, -0.15) is 4.98 Å². The summed E-state index contributed by atoms with van der Waals surface area (Å²) in [6.45, 7) is 2.16. The Bertz CT molecular complexity index is 1230. The van der Waals surface area contributed by atoms with Crippen LogP contribution in [0, 0.1) is 0 Å². The molecular formula is C24H25N5O2S. The molecule has 0 atom stereocenters. The highest BCUT2D eigenvalue weighted by Crippen LogP contribution is 2.30. The molecule has 0 aliphatic carbocycles. The number of oxazole rings is 1. The van der Waals surface area contributed by atoms with E-state index in [2.05, 4.69) is 32.1 Å². The maximum Gasteiger partial charge on any atom is 0.298 e. The van der Waals surface area contributed by atoms with Crippen molar-refractivity contribution in [1.82, 2.24) is 14.9 Å². The number of nitrogens with one attached hydrogen (secondary N) is 1. The summed E-state index contributed by atoms with van der Waals surface area (Å²) in [5, 5.41) is 2.98. The van der Waals surface area contributed by atoms with Crippen LogP contribution in [-0.2, 0) is 0 Å². The molecular weight excluding hydrogens is 422 g/mol. The zero-order valence-corrected chi connectivity index (χ0v) is 18.9. The standard InChI is InChI=1S/C24H25N5O2S/c1-28-12-9-18(10-13-28)29(2)24-27-19-14-17(5-6-20(19)31-24)26-23(30)22-8-7-21(32-22)16-4-3-11-25-15-16/h3-8,11,14-15,18H,9-10,12-13H2,1-2H3,(H,26,30). The average molecular weight is 448 g/mol. The number of benzene rings is 1. The molecule has 0 bridgehead atoms. The molecule has 4 heterocycles.